The summed E-state index contributed by atoms with van der Waals surface area (Å²) in [5, 5.41) is 2.82. The van der Waals surface area contributed by atoms with E-state index in [2.05, 4.69) is 29.6 Å². The van der Waals surface area contributed by atoms with Gasteiger partial charge in [-0.1, -0.05) is 48.0 Å². The molecule has 0 fully saturated rings. The third kappa shape index (κ3) is 6.47. The van der Waals surface area contributed by atoms with E-state index in [1.165, 1.54) is 5.56 Å². The predicted molar refractivity (Wildman–Crippen MR) is 112 cm³/mol. The molecule has 0 unspecified atom stereocenters. The van der Waals surface area contributed by atoms with Gasteiger partial charge in [-0.2, -0.15) is 0 Å². The number of carbonyl (C=O) groups is 1. The van der Waals surface area contributed by atoms with Crippen LogP contribution in [-0.4, -0.2) is 19.1 Å². The zero-order valence-electron chi connectivity index (χ0n) is 16.1. The second-order valence-corrected chi connectivity index (χ2v) is 6.61. The highest BCUT2D eigenvalue weighted by molar-refractivity contribution is 5.91. The molecule has 0 aliphatic carbocycles. The molecule has 0 saturated carbocycles. The van der Waals surface area contributed by atoms with Gasteiger partial charge in [0.2, 0.25) is 0 Å². The van der Waals surface area contributed by atoms with Crippen molar-refractivity contribution in [2.75, 3.05) is 18.5 Å². The van der Waals surface area contributed by atoms with Crippen LogP contribution in [-0.2, 0) is 11.2 Å². The minimum atomic E-state index is -0.197. The van der Waals surface area contributed by atoms with E-state index in [1.807, 2.05) is 61.5 Å². The number of hydrogen-bond acceptors (Lipinski definition) is 3. The van der Waals surface area contributed by atoms with E-state index >= 15 is 0 Å². The molecule has 0 aromatic heterocycles. The Morgan fingerprint density at radius 2 is 1.46 bits per heavy atom. The zero-order valence-corrected chi connectivity index (χ0v) is 16.1. The van der Waals surface area contributed by atoms with Crippen LogP contribution in [0, 0.1) is 6.92 Å². The van der Waals surface area contributed by atoms with Crippen molar-refractivity contribution in [3.63, 3.8) is 0 Å². The fourth-order valence-electron chi connectivity index (χ4n) is 2.73. The lowest BCUT2D eigenvalue weighted by atomic mass is 10.1. The Hall–Kier alpha value is -3.27. The van der Waals surface area contributed by atoms with Gasteiger partial charge in [-0.25, -0.2) is 0 Å². The molecule has 0 aliphatic heterocycles. The molecule has 0 radical (unpaired) electrons. The minimum absolute atomic E-state index is 0.0270. The van der Waals surface area contributed by atoms with Gasteiger partial charge in [-0.05, 0) is 61.7 Å². The van der Waals surface area contributed by atoms with Crippen LogP contribution in [0.5, 0.6) is 11.5 Å². The summed E-state index contributed by atoms with van der Waals surface area (Å²) in [6.45, 7) is 2.64. The third-order valence-corrected chi connectivity index (χ3v) is 4.25. The van der Waals surface area contributed by atoms with Crippen LogP contribution in [0.3, 0.4) is 0 Å². The molecule has 1 N–H and O–H groups in total. The fourth-order valence-corrected chi connectivity index (χ4v) is 2.73. The lowest BCUT2D eigenvalue weighted by Gasteiger charge is -2.09. The second-order valence-electron chi connectivity index (χ2n) is 6.61. The quantitative estimate of drug-likeness (QED) is 0.534. The van der Waals surface area contributed by atoms with Crippen LogP contribution in [0.25, 0.3) is 0 Å². The third-order valence-electron chi connectivity index (χ3n) is 4.25. The molecule has 28 heavy (non-hydrogen) atoms. The molecule has 4 heteroatoms. The van der Waals surface area contributed by atoms with Gasteiger partial charge >= 0.3 is 0 Å². The summed E-state index contributed by atoms with van der Waals surface area (Å²) in [5.74, 6) is 1.28. The highest BCUT2D eigenvalue weighted by Crippen LogP contribution is 2.17. The molecule has 0 spiro atoms. The smallest absolute Gasteiger partial charge is 0.262 e. The number of aryl methyl sites for hydroxylation is 2. The number of hydrogen-bond donors (Lipinski definition) is 1. The van der Waals surface area contributed by atoms with Gasteiger partial charge < -0.3 is 14.8 Å². The zero-order chi connectivity index (χ0) is 19.6. The number of benzene rings is 3. The summed E-state index contributed by atoms with van der Waals surface area (Å²) in [5.41, 5.74) is 3.19. The van der Waals surface area contributed by atoms with Crippen molar-refractivity contribution in [1.82, 2.24) is 0 Å². The van der Waals surface area contributed by atoms with Crippen LogP contribution in [0.2, 0.25) is 0 Å². The summed E-state index contributed by atoms with van der Waals surface area (Å²) < 4.78 is 11.2. The van der Waals surface area contributed by atoms with E-state index in [1.54, 1.807) is 0 Å². The molecule has 1 amide bonds. The fraction of sp³-hybridized carbons (Fsp3) is 0.208. The highest BCUT2D eigenvalue weighted by atomic mass is 16.5. The van der Waals surface area contributed by atoms with E-state index < -0.39 is 0 Å². The summed E-state index contributed by atoms with van der Waals surface area (Å²) in [6, 6.07) is 25.4. The summed E-state index contributed by atoms with van der Waals surface area (Å²) in [6.07, 6.45) is 1.95. The molecule has 0 heterocycles. The second kappa shape index (κ2) is 10.2. The Morgan fingerprint density at radius 3 is 2.18 bits per heavy atom. The van der Waals surface area contributed by atoms with Gasteiger partial charge in [0.15, 0.2) is 6.61 Å². The Kier molecular flexibility index (Phi) is 7.08. The number of anilines is 1. The van der Waals surface area contributed by atoms with Gasteiger partial charge in [-0.3, -0.25) is 4.79 Å². The van der Waals surface area contributed by atoms with Crippen molar-refractivity contribution in [2.24, 2.45) is 0 Å². The molecular formula is C24H25NO3. The number of rotatable bonds is 9. The monoisotopic (exact) mass is 375 g/mol. The molecular weight excluding hydrogens is 350 g/mol. The van der Waals surface area contributed by atoms with Gasteiger partial charge in [0.05, 0.1) is 6.61 Å². The van der Waals surface area contributed by atoms with E-state index in [0.29, 0.717) is 18.0 Å². The first kappa shape index (κ1) is 19.5. The first-order valence-electron chi connectivity index (χ1n) is 9.45. The number of ether oxygens (including phenoxy) is 2. The normalized spacial score (nSPS) is 10.3. The van der Waals surface area contributed by atoms with Crippen molar-refractivity contribution < 1.29 is 14.3 Å². The van der Waals surface area contributed by atoms with Crippen LogP contribution >= 0.6 is 0 Å². The molecule has 0 saturated heterocycles. The van der Waals surface area contributed by atoms with Crippen molar-refractivity contribution >= 4 is 11.6 Å². The van der Waals surface area contributed by atoms with Gasteiger partial charge in [0.25, 0.3) is 5.91 Å². The lowest BCUT2D eigenvalue weighted by Crippen LogP contribution is -2.20. The van der Waals surface area contributed by atoms with E-state index in [9.17, 15) is 4.79 Å². The SMILES string of the molecule is Cc1ccc(OCC(=O)Nc2ccc(OCCCc3ccccc3)cc2)cc1. The van der Waals surface area contributed by atoms with Crippen molar-refractivity contribution in [3.8, 4) is 11.5 Å². The summed E-state index contributed by atoms with van der Waals surface area (Å²) in [4.78, 5) is 12.0. The Bertz CT molecular complexity index is 859. The largest absolute Gasteiger partial charge is 0.494 e. The maximum atomic E-state index is 12.0. The van der Waals surface area contributed by atoms with Crippen molar-refractivity contribution in [2.45, 2.75) is 19.8 Å². The van der Waals surface area contributed by atoms with Gasteiger partial charge in [-0.15, -0.1) is 0 Å². The number of nitrogens with one attached hydrogen (secondary N) is 1. The number of carbonyl (C=O) groups excluding carboxylic acids is 1. The van der Waals surface area contributed by atoms with Crippen LogP contribution in [0.1, 0.15) is 17.5 Å². The van der Waals surface area contributed by atoms with E-state index in [0.717, 1.165) is 24.2 Å². The molecule has 144 valence electrons. The topological polar surface area (TPSA) is 47.6 Å². The van der Waals surface area contributed by atoms with Gasteiger partial charge in [0, 0.05) is 5.69 Å². The van der Waals surface area contributed by atoms with Gasteiger partial charge in [0.1, 0.15) is 11.5 Å². The maximum Gasteiger partial charge on any atom is 0.262 e. The van der Waals surface area contributed by atoms with Crippen LogP contribution in [0.15, 0.2) is 78.9 Å². The minimum Gasteiger partial charge on any atom is -0.494 e. The van der Waals surface area contributed by atoms with Crippen molar-refractivity contribution in [1.29, 1.82) is 0 Å². The Balaban J connectivity index is 1.37. The van der Waals surface area contributed by atoms with Crippen molar-refractivity contribution in [3.05, 3.63) is 90.0 Å². The van der Waals surface area contributed by atoms with E-state index in [4.69, 9.17) is 9.47 Å². The summed E-state index contributed by atoms with van der Waals surface area (Å²) >= 11 is 0. The molecule has 0 atom stereocenters. The standard InChI is InChI=1S/C24H25NO3/c1-19-9-13-23(14-10-19)28-18-24(26)25-21-11-15-22(16-12-21)27-17-5-8-20-6-3-2-4-7-20/h2-4,6-7,9-16H,5,8,17-18H2,1H3,(H,25,26). The first-order valence-corrected chi connectivity index (χ1v) is 9.45. The van der Waals surface area contributed by atoms with Crippen LogP contribution < -0.4 is 14.8 Å². The average molecular weight is 375 g/mol. The Morgan fingerprint density at radius 1 is 0.821 bits per heavy atom. The number of amides is 1. The predicted octanol–water partition coefficient (Wildman–Crippen LogP) is 5.02. The molecule has 3 rings (SSSR count). The molecule has 3 aromatic rings. The average Bonchev–Trinajstić information content (AvgIpc) is 2.73. The Labute approximate surface area is 166 Å². The van der Waals surface area contributed by atoms with E-state index in [-0.39, 0.29) is 12.5 Å². The highest BCUT2D eigenvalue weighted by Gasteiger charge is 2.04. The molecule has 3 aromatic carbocycles. The lowest BCUT2D eigenvalue weighted by molar-refractivity contribution is -0.118. The maximum absolute atomic E-state index is 12.0. The molecule has 4 nitrogen and oxygen atoms in total. The first-order chi connectivity index (χ1) is 13.7. The molecule has 0 aliphatic rings. The molecule has 0 bridgehead atoms. The summed E-state index contributed by atoms with van der Waals surface area (Å²) in [7, 11) is 0. The van der Waals surface area contributed by atoms with Crippen LogP contribution in [0.4, 0.5) is 5.69 Å².